The fraction of sp³-hybridized carbons (Fsp3) is 0.462. The van der Waals surface area contributed by atoms with Crippen LogP contribution in [0, 0.1) is 28.9 Å². The van der Waals surface area contributed by atoms with Gasteiger partial charge >= 0.3 is 0 Å². The number of rotatable bonds is 4. The highest BCUT2D eigenvalue weighted by Gasteiger charge is 2.19. The van der Waals surface area contributed by atoms with Crippen molar-refractivity contribution in [3.05, 3.63) is 35.4 Å². The second-order valence-electron chi connectivity index (χ2n) is 4.08. The summed E-state index contributed by atoms with van der Waals surface area (Å²) in [5.41, 5.74) is 0.431. The lowest BCUT2D eigenvalue weighted by atomic mass is 9.85. The van der Waals surface area contributed by atoms with Crippen LogP contribution in [0.4, 0.5) is 8.78 Å². The molecular formula is C13H15F2N. The maximum atomic E-state index is 13.0. The van der Waals surface area contributed by atoms with E-state index >= 15 is 0 Å². The molecule has 0 bridgehead atoms. The molecule has 0 aliphatic heterocycles. The van der Waals surface area contributed by atoms with E-state index in [2.05, 4.69) is 6.07 Å². The number of benzene rings is 1. The molecule has 0 aliphatic rings. The SMILES string of the molecule is CCCC(C)C(C#N)c1cc(F)cc(F)c1. The highest BCUT2D eigenvalue weighted by molar-refractivity contribution is 5.27. The highest BCUT2D eigenvalue weighted by atomic mass is 19.1. The topological polar surface area (TPSA) is 23.8 Å². The molecule has 0 amide bonds. The van der Waals surface area contributed by atoms with E-state index in [1.54, 1.807) is 0 Å². The van der Waals surface area contributed by atoms with Gasteiger partial charge in [0.15, 0.2) is 0 Å². The molecule has 0 spiro atoms. The van der Waals surface area contributed by atoms with Crippen molar-refractivity contribution in [2.45, 2.75) is 32.6 Å². The predicted octanol–water partition coefficient (Wildman–Crippen LogP) is 4.01. The van der Waals surface area contributed by atoms with Gasteiger partial charge in [-0.3, -0.25) is 0 Å². The maximum absolute atomic E-state index is 13.0. The van der Waals surface area contributed by atoms with Crippen molar-refractivity contribution < 1.29 is 8.78 Å². The third-order valence-corrected chi connectivity index (χ3v) is 2.70. The molecule has 0 heterocycles. The summed E-state index contributed by atoms with van der Waals surface area (Å²) < 4.78 is 26.0. The molecule has 0 saturated heterocycles. The molecule has 0 fully saturated rings. The van der Waals surface area contributed by atoms with Crippen molar-refractivity contribution in [3.8, 4) is 6.07 Å². The molecule has 86 valence electrons. The zero-order valence-corrected chi connectivity index (χ0v) is 9.50. The largest absolute Gasteiger partial charge is 0.207 e. The van der Waals surface area contributed by atoms with Crippen LogP contribution in [-0.2, 0) is 0 Å². The van der Waals surface area contributed by atoms with Crippen LogP contribution in [-0.4, -0.2) is 0 Å². The number of hydrogen-bond donors (Lipinski definition) is 0. The monoisotopic (exact) mass is 223 g/mol. The zero-order chi connectivity index (χ0) is 12.1. The molecule has 2 unspecified atom stereocenters. The summed E-state index contributed by atoms with van der Waals surface area (Å²) in [7, 11) is 0. The Hall–Kier alpha value is -1.43. The minimum absolute atomic E-state index is 0.108. The van der Waals surface area contributed by atoms with E-state index in [0.717, 1.165) is 18.9 Å². The van der Waals surface area contributed by atoms with Crippen molar-refractivity contribution >= 4 is 0 Å². The van der Waals surface area contributed by atoms with E-state index < -0.39 is 17.6 Å². The average molecular weight is 223 g/mol. The Labute approximate surface area is 94.7 Å². The second-order valence-corrected chi connectivity index (χ2v) is 4.08. The van der Waals surface area contributed by atoms with Gasteiger partial charge in [0, 0.05) is 6.07 Å². The second kappa shape index (κ2) is 5.60. The van der Waals surface area contributed by atoms with Crippen LogP contribution >= 0.6 is 0 Å². The molecule has 1 aromatic carbocycles. The minimum Gasteiger partial charge on any atom is -0.207 e. The van der Waals surface area contributed by atoms with Crippen molar-refractivity contribution in [1.82, 2.24) is 0 Å². The smallest absolute Gasteiger partial charge is 0.126 e. The standard InChI is InChI=1S/C13H15F2N/c1-3-4-9(2)13(8-16)10-5-11(14)7-12(15)6-10/h5-7,9,13H,3-4H2,1-2H3. The third-order valence-electron chi connectivity index (χ3n) is 2.70. The Bertz CT molecular complexity index is 375. The van der Waals surface area contributed by atoms with Gasteiger partial charge in [-0.2, -0.15) is 5.26 Å². The normalized spacial score (nSPS) is 14.2. The lowest BCUT2D eigenvalue weighted by Gasteiger charge is -2.17. The summed E-state index contributed by atoms with van der Waals surface area (Å²) >= 11 is 0. The van der Waals surface area contributed by atoms with Crippen molar-refractivity contribution in [1.29, 1.82) is 5.26 Å². The quantitative estimate of drug-likeness (QED) is 0.756. The first-order chi connectivity index (χ1) is 7.58. The van der Waals surface area contributed by atoms with Crippen LogP contribution in [0.1, 0.15) is 38.2 Å². The van der Waals surface area contributed by atoms with Crippen molar-refractivity contribution in [2.75, 3.05) is 0 Å². The summed E-state index contributed by atoms with van der Waals surface area (Å²) in [6.45, 7) is 3.96. The Morgan fingerprint density at radius 3 is 2.25 bits per heavy atom. The van der Waals surface area contributed by atoms with E-state index in [9.17, 15) is 8.78 Å². The van der Waals surface area contributed by atoms with Gasteiger partial charge < -0.3 is 0 Å². The molecule has 0 N–H and O–H groups in total. The summed E-state index contributed by atoms with van der Waals surface area (Å²) in [5.74, 6) is -1.58. The molecule has 0 aromatic heterocycles. The molecule has 0 saturated carbocycles. The summed E-state index contributed by atoms with van der Waals surface area (Å²) in [5, 5.41) is 9.06. The lowest BCUT2D eigenvalue weighted by molar-refractivity contribution is 0.478. The van der Waals surface area contributed by atoms with Gasteiger partial charge in [-0.15, -0.1) is 0 Å². The first kappa shape index (κ1) is 12.6. The van der Waals surface area contributed by atoms with Crippen LogP contribution in [0.5, 0.6) is 0 Å². The van der Waals surface area contributed by atoms with Crippen LogP contribution < -0.4 is 0 Å². The van der Waals surface area contributed by atoms with E-state index in [0.29, 0.717) is 5.56 Å². The molecule has 1 nitrogen and oxygen atoms in total. The van der Waals surface area contributed by atoms with Gasteiger partial charge in [0.05, 0.1) is 12.0 Å². The first-order valence-corrected chi connectivity index (χ1v) is 5.44. The first-order valence-electron chi connectivity index (χ1n) is 5.44. The Kier molecular flexibility index (Phi) is 4.42. The Morgan fingerprint density at radius 2 is 1.81 bits per heavy atom. The van der Waals surface area contributed by atoms with Crippen LogP contribution in [0.15, 0.2) is 18.2 Å². The van der Waals surface area contributed by atoms with Crippen LogP contribution in [0.25, 0.3) is 0 Å². The Morgan fingerprint density at radius 1 is 1.25 bits per heavy atom. The van der Waals surface area contributed by atoms with E-state index in [4.69, 9.17) is 5.26 Å². The fourth-order valence-electron chi connectivity index (χ4n) is 1.91. The predicted molar refractivity (Wildman–Crippen MR) is 58.8 cm³/mol. The molecule has 2 atom stereocenters. The van der Waals surface area contributed by atoms with Crippen LogP contribution in [0.3, 0.4) is 0 Å². The van der Waals surface area contributed by atoms with Gasteiger partial charge in [-0.1, -0.05) is 20.3 Å². The number of halogens is 2. The average Bonchev–Trinajstić information content (AvgIpc) is 2.17. The molecular weight excluding hydrogens is 208 g/mol. The molecule has 1 rings (SSSR count). The van der Waals surface area contributed by atoms with Crippen LogP contribution in [0.2, 0.25) is 0 Å². The van der Waals surface area contributed by atoms with Gasteiger partial charge in [-0.05, 0) is 30.0 Å². The molecule has 3 heteroatoms. The van der Waals surface area contributed by atoms with Gasteiger partial charge in [0.25, 0.3) is 0 Å². The minimum atomic E-state index is -0.626. The molecule has 1 aromatic rings. The number of nitrogens with zero attached hydrogens (tertiary/aromatic N) is 1. The molecule has 0 aliphatic carbocycles. The zero-order valence-electron chi connectivity index (χ0n) is 9.50. The number of hydrogen-bond acceptors (Lipinski definition) is 1. The maximum Gasteiger partial charge on any atom is 0.126 e. The molecule has 0 radical (unpaired) electrons. The van der Waals surface area contributed by atoms with Gasteiger partial charge in [0.2, 0.25) is 0 Å². The summed E-state index contributed by atoms with van der Waals surface area (Å²) in [4.78, 5) is 0. The Balaban J connectivity index is 3.00. The van der Waals surface area contributed by atoms with Crippen molar-refractivity contribution in [3.63, 3.8) is 0 Å². The highest BCUT2D eigenvalue weighted by Crippen LogP contribution is 2.28. The van der Waals surface area contributed by atoms with Gasteiger partial charge in [-0.25, -0.2) is 8.78 Å². The lowest BCUT2D eigenvalue weighted by Crippen LogP contribution is -2.08. The van der Waals surface area contributed by atoms with Gasteiger partial charge in [0.1, 0.15) is 11.6 Å². The summed E-state index contributed by atoms with van der Waals surface area (Å²) in [6.07, 6.45) is 1.83. The fourth-order valence-corrected chi connectivity index (χ4v) is 1.91. The van der Waals surface area contributed by atoms with E-state index in [1.165, 1.54) is 12.1 Å². The third kappa shape index (κ3) is 3.03. The van der Waals surface area contributed by atoms with Crippen molar-refractivity contribution in [2.24, 2.45) is 5.92 Å². The summed E-state index contributed by atoms with van der Waals surface area (Å²) in [6, 6.07) is 5.42. The van der Waals surface area contributed by atoms with E-state index in [-0.39, 0.29) is 5.92 Å². The number of nitriles is 1. The molecule has 16 heavy (non-hydrogen) atoms. The van der Waals surface area contributed by atoms with E-state index in [1.807, 2.05) is 13.8 Å².